The monoisotopic (exact) mass is 291 g/mol. The van der Waals surface area contributed by atoms with Crippen LogP contribution in [-0.4, -0.2) is 29.3 Å². The minimum absolute atomic E-state index is 0.316. The van der Waals surface area contributed by atoms with Gasteiger partial charge in [0.1, 0.15) is 5.60 Å². The fourth-order valence-corrected chi connectivity index (χ4v) is 4.49. The number of nitrogens with zero attached hydrogens (tertiary/aromatic N) is 2. The zero-order valence-electron chi connectivity index (χ0n) is 12.8. The van der Waals surface area contributed by atoms with Gasteiger partial charge in [0.25, 0.3) is 0 Å². The molecule has 5 heteroatoms. The van der Waals surface area contributed by atoms with Crippen molar-refractivity contribution in [2.24, 2.45) is 0 Å². The third kappa shape index (κ3) is 2.30. The number of hydrogen-bond acceptors (Lipinski definition) is 5. The molecule has 3 heterocycles. The summed E-state index contributed by atoms with van der Waals surface area (Å²) < 4.78 is 11.5. The average Bonchev–Trinajstić information content (AvgIpc) is 3.21. The van der Waals surface area contributed by atoms with E-state index in [2.05, 4.69) is 10.5 Å². The minimum atomic E-state index is -0.316. The summed E-state index contributed by atoms with van der Waals surface area (Å²) in [6.07, 6.45) is 10.6. The fraction of sp³-hybridized carbons (Fsp3) is 0.875. The van der Waals surface area contributed by atoms with Crippen LogP contribution >= 0.6 is 0 Å². The van der Waals surface area contributed by atoms with Gasteiger partial charge >= 0.3 is 0 Å². The van der Waals surface area contributed by atoms with E-state index in [-0.39, 0.29) is 5.60 Å². The highest BCUT2D eigenvalue weighted by Crippen LogP contribution is 2.41. The molecule has 0 aromatic carbocycles. The molecule has 1 saturated carbocycles. The van der Waals surface area contributed by atoms with E-state index in [0.717, 1.165) is 31.0 Å². The molecule has 4 rings (SSSR count). The zero-order chi connectivity index (χ0) is 14.3. The molecule has 3 unspecified atom stereocenters. The fourth-order valence-electron chi connectivity index (χ4n) is 4.49. The maximum atomic E-state index is 5.88. The second-order valence-electron chi connectivity index (χ2n) is 6.96. The molecule has 2 aliphatic heterocycles. The highest BCUT2D eigenvalue weighted by molar-refractivity contribution is 5.12. The first-order valence-electron chi connectivity index (χ1n) is 8.46. The van der Waals surface area contributed by atoms with Crippen molar-refractivity contribution in [1.29, 1.82) is 0 Å². The van der Waals surface area contributed by atoms with E-state index >= 15 is 0 Å². The van der Waals surface area contributed by atoms with E-state index in [1.54, 1.807) is 7.11 Å². The number of hydrogen-bond donors (Lipinski definition) is 1. The van der Waals surface area contributed by atoms with Gasteiger partial charge in [0.05, 0.1) is 5.92 Å². The van der Waals surface area contributed by atoms with E-state index in [0.29, 0.717) is 18.0 Å². The van der Waals surface area contributed by atoms with Gasteiger partial charge in [0, 0.05) is 19.2 Å². The SMILES string of the molecule is COC1(c2noc(C3CC4CCC3N4)n2)CCCCCC1. The number of methoxy groups -OCH3 is 1. The van der Waals surface area contributed by atoms with Crippen LogP contribution in [0.5, 0.6) is 0 Å². The molecule has 0 spiro atoms. The molecule has 2 saturated heterocycles. The Labute approximate surface area is 125 Å². The zero-order valence-corrected chi connectivity index (χ0v) is 12.8. The largest absolute Gasteiger partial charge is 0.370 e. The maximum absolute atomic E-state index is 5.88. The van der Waals surface area contributed by atoms with Crippen LogP contribution in [0.3, 0.4) is 0 Å². The molecule has 3 atom stereocenters. The van der Waals surface area contributed by atoms with Gasteiger partial charge in [-0.1, -0.05) is 30.8 Å². The van der Waals surface area contributed by atoms with E-state index in [4.69, 9.17) is 14.2 Å². The Balaban J connectivity index is 1.58. The number of fused-ring (bicyclic) bond motifs is 2. The highest BCUT2D eigenvalue weighted by atomic mass is 16.5. The van der Waals surface area contributed by atoms with Gasteiger partial charge in [-0.25, -0.2) is 0 Å². The van der Waals surface area contributed by atoms with Crippen molar-refractivity contribution in [3.05, 3.63) is 11.7 Å². The van der Waals surface area contributed by atoms with Gasteiger partial charge in [0.2, 0.25) is 11.7 Å². The predicted octanol–water partition coefficient (Wildman–Crippen LogP) is 2.87. The average molecular weight is 291 g/mol. The van der Waals surface area contributed by atoms with Gasteiger partial charge in [-0.05, 0) is 32.1 Å². The van der Waals surface area contributed by atoms with Crippen molar-refractivity contribution in [2.75, 3.05) is 7.11 Å². The lowest BCUT2D eigenvalue weighted by Crippen LogP contribution is -2.29. The topological polar surface area (TPSA) is 60.2 Å². The molecule has 3 fully saturated rings. The van der Waals surface area contributed by atoms with Crippen LogP contribution in [0.2, 0.25) is 0 Å². The molecule has 1 aliphatic carbocycles. The Morgan fingerprint density at radius 2 is 2.00 bits per heavy atom. The van der Waals surface area contributed by atoms with Gasteiger partial charge in [-0.3, -0.25) is 0 Å². The third-order valence-electron chi connectivity index (χ3n) is 5.77. The molecule has 3 aliphatic rings. The molecule has 1 aromatic rings. The molecular formula is C16H25N3O2. The summed E-state index contributed by atoms with van der Waals surface area (Å²) in [6, 6.07) is 1.19. The lowest BCUT2D eigenvalue weighted by atomic mass is 9.89. The van der Waals surface area contributed by atoms with Gasteiger partial charge in [-0.15, -0.1) is 0 Å². The molecule has 2 bridgehead atoms. The van der Waals surface area contributed by atoms with E-state index in [9.17, 15) is 0 Å². The van der Waals surface area contributed by atoms with E-state index in [1.165, 1.54) is 38.5 Å². The van der Waals surface area contributed by atoms with Crippen LogP contribution in [0.4, 0.5) is 0 Å². The maximum Gasteiger partial charge on any atom is 0.231 e. The molecule has 21 heavy (non-hydrogen) atoms. The molecule has 1 N–H and O–H groups in total. The van der Waals surface area contributed by atoms with Crippen LogP contribution in [0.25, 0.3) is 0 Å². The summed E-state index contributed by atoms with van der Waals surface area (Å²) in [7, 11) is 1.79. The molecule has 5 nitrogen and oxygen atoms in total. The Morgan fingerprint density at radius 3 is 2.62 bits per heavy atom. The van der Waals surface area contributed by atoms with Crippen LogP contribution in [0, 0.1) is 0 Å². The molecular weight excluding hydrogens is 266 g/mol. The van der Waals surface area contributed by atoms with Gasteiger partial charge in [0.15, 0.2) is 0 Å². The van der Waals surface area contributed by atoms with Crippen molar-refractivity contribution in [1.82, 2.24) is 15.5 Å². The Kier molecular flexibility index (Phi) is 3.50. The summed E-state index contributed by atoms with van der Waals surface area (Å²) in [5.41, 5.74) is -0.316. The number of ether oxygens (including phenoxy) is 1. The summed E-state index contributed by atoms with van der Waals surface area (Å²) in [5.74, 6) is 2.01. The number of rotatable bonds is 3. The first kappa shape index (κ1) is 13.7. The second kappa shape index (κ2) is 5.36. The van der Waals surface area contributed by atoms with Crippen LogP contribution in [0.1, 0.15) is 75.4 Å². The van der Waals surface area contributed by atoms with Crippen molar-refractivity contribution < 1.29 is 9.26 Å². The van der Waals surface area contributed by atoms with Crippen LogP contribution in [-0.2, 0) is 10.3 Å². The van der Waals surface area contributed by atoms with Crippen molar-refractivity contribution in [3.8, 4) is 0 Å². The van der Waals surface area contributed by atoms with Gasteiger partial charge < -0.3 is 14.6 Å². The van der Waals surface area contributed by atoms with Crippen LogP contribution < -0.4 is 5.32 Å². The van der Waals surface area contributed by atoms with Gasteiger partial charge in [-0.2, -0.15) is 4.98 Å². The standard InChI is InChI=1S/C16H25N3O2/c1-20-16(8-4-2-3-5-9-16)15-18-14(21-19-15)12-10-11-6-7-13(12)17-11/h11-13,17H,2-10H2,1H3. The summed E-state index contributed by atoms with van der Waals surface area (Å²) >= 11 is 0. The van der Waals surface area contributed by atoms with Crippen molar-refractivity contribution in [3.63, 3.8) is 0 Å². The highest BCUT2D eigenvalue weighted by Gasteiger charge is 2.44. The Morgan fingerprint density at radius 1 is 1.19 bits per heavy atom. The van der Waals surface area contributed by atoms with E-state index < -0.39 is 0 Å². The second-order valence-corrected chi connectivity index (χ2v) is 6.96. The summed E-state index contributed by atoms with van der Waals surface area (Å²) in [4.78, 5) is 4.78. The quantitative estimate of drug-likeness (QED) is 0.868. The first-order chi connectivity index (χ1) is 10.3. The molecule has 116 valence electrons. The summed E-state index contributed by atoms with van der Waals surface area (Å²) in [5, 5.41) is 7.95. The van der Waals surface area contributed by atoms with Crippen molar-refractivity contribution >= 4 is 0 Å². The third-order valence-corrected chi connectivity index (χ3v) is 5.77. The molecule has 0 radical (unpaired) electrons. The van der Waals surface area contributed by atoms with E-state index in [1.807, 2.05) is 0 Å². The Bertz CT molecular complexity index is 493. The van der Waals surface area contributed by atoms with Crippen LogP contribution in [0.15, 0.2) is 4.52 Å². The number of aromatic nitrogens is 2. The minimum Gasteiger partial charge on any atom is -0.370 e. The predicted molar refractivity (Wildman–Crippen MR) is 78.0 cm³/mol. The molecule has 0 amide bonds. The smallest absolute Gasteiger partial charge is 0.231 e. The first-order valence-corrected chi connectivity index (χ1v) is 8.46. The lowest BCUT2D eigenvalue weighted by Gasteiger charge is -2.27. The molecule has 1 aromatic heterocycles. The normalized spacial score (nSPS) is 35.0. The number of nitrogens with one attached hydrogen (secondary N) is 1. The summed E-state index contributed by atoms with van der Waals surface area (Å²) in [6.45, 7) is 0. The lowest BCUT2D eigenvalue weighted by molar-refractivity contribution is -0.0365. The van der Waals surface area contributed by atoms with Crippen molar-refractivity contribution in [2.45, 2.75) is 81.4 Å². The Hall–Kier alpha value is -0.940.